The van der Waals surface area contributed by atoms with Gasteiger partial charge in [0.2, 0.25) is 0 Å². The van der Waals surface area contributed by atoms with Crippen molar-refractivity contribution in [2.45, 2.75) is 51.4 Å². The van der Waals surface area contributed by atoms with Crippen LogP contribution in [0.1, 0.15) is 51.4 Å². The average molecular weight is 274 g/mol. The van der Waals surface area contributed by atoms with E-state index >= 15 is 0 Å². The summed E-state index contributed by atoms with van der Waals surface area (Å²) < 4.78 is 21.5. The summed E-state index contributed by atoms with van der Waals surface area (Å²) in [5.41, 5.74) is 0. The predicted molar refractivity (Wildman–Crippen MR) is 68.3 cm³/mol. The molecule has 4 nitrogen and oxygen atoms in total. The highest BCUT2D eigenvalue weighted by Gasteiger charge is 2.15. The molecule has 0 radical (unpaired) electrons. The Morgan fingerprint density at radius 1 is 1.00 bits per heavy atom. The van der Waals surface area contributed by atoms with Crippen molar-refractivity contribution in [2.24, 2.45) is 5.92 Å². The van der Waals surface area contributed by atoms with Gasteiger partial charge in [0.05, 0.1) is 6.61 Å². The smallest absolute Gasteiger partial charge is 0.305 e. The molecule has 0 aliphatic heterocycles. The molecule has 1 aliphatic rings. The monoisotopic (exact) mass is 274 g/mol. The fourth-order valence-electron chi connectivity index (χ4n) is 2.24. The quantitative estimate of drug-likeness (QED) is 0.639. The summed E-state index contributed by atoms with van der Waals surface area (Å²) in [4.78, 5) is 22.5. The fraction of sp³-hybridized carbons (Fsp3) is 0.857. The first-order valence-corrected chi connectivity index (χ1v) is 7.09. The average Bonchev–Trinajstić information content (AvgIpc) is 2.44. The molecular formula is C14H23FO4. The highest BCUT2D eigenvalue weighted by Crippen LogP contribution is 2.23. The highest BCUT2D eigenvalue weighted by molar-refractivity contribution is 5.72. The molecule has 5 heteroatoms. The Labute approximate surface area is 113 Å². The first-order chi connectivity index (χ1) is 9.22. The Balaban J connectivity index is 1.99. The lowest BCUT2D eigenvalue weighted by Gasteiger charge is -2.20. The van der Waals surface area contributed by atoms with Crippen LogP contribution >= 0.6 is 0 Å². The highest BCUT2D eigenvalue weighted by atomic mass is 19.1. The third-order valence-electron chi connectivity index (χ3n) is 3.31. The molecule has 0 heterocycles. The number of hydrogen-bond donors (Lipinski definition) is 0. The minimum Gasteiger partial charge on any atom is -0.465 e. The zero-order valence-electron chi connectivity index (χ0n) is 11.4. The van der Waals surface area contributed by atoms with Crippen LogP contribution in [-0.4, -0.2) is 31.8 Å². The van der Waals surface area contributed by atoms with Gasteiger partial charge in [-0.05, 0) is 25.2 Å². The normalized spacial score (nSPS) is 16.1. The van der Waals surface area contributed by atoms with Gasteiger partial charge in [-0.1, -0.05) is 19.3 Å². The summed E-state index contributed by atoms with van der Waals surface area (Å²) in [6, 6.07) is 0. The molecule has 1 rings (SSSR count). The van der Waals surface area contributed by atoms with Crippen LogP contribution in [-0.2, 0) is 19.1 Å². The largest absolute Gasteiger partial charge is 0.465 e. The van der Waals surface area contributed by atoms with Crippen molar-refractivity contribution < 1.29 is 23.5 Å². The van der Waals surface area contributed by atoms with Crippen molar-refractivity contribution in [1.29, 1.82) is 0 Å². The van der Waals surface area contributed by atoms with E-state index in [-0.39, 0.29) is 25.4 Å². The van der Waals surface area contributed by atoms with E-state index in [1.807, 2.05) is 0 Å². The molecule has 0 amide bonds. The van der Waals surface area contributed by atoms with Crippen molar-refractivity contribution >= 4 is 11.9 Å². The van der Waals surface area contributed by atoms with E-state index in [1.165, 1.54) is 19.3 Å². The molecule has 1 saturated carbocycles. The number of carbonyl (C=O) groups is 2. The second kappa shape index (κ2) is 9.75. The summed E-state index contributed by atoms with van der Waals surface area (Å²) in [5.74, 6) is -0.214. The molecule has 0 aromatic carbocycles. The molecule has 0 atom stereocenters. The molecule has 1 aliphatic carbocycles. The van der Waals surface area contributed by atoms with Gasteiger partial charge in [-0.25, -0.2) is 4.39 Å². The van der Waals surface area contributed by atoms with Gasteiger partial charge in [-0.3, -0.25) is 9.59 Å². The van der Waals surface area contributed by atoms with Crippen LogP contribution in [0.2, 0.25) is 0 Å². The van der Waals surface area contributed by atoms with E-state index in [2.05, 4.69) is 4.74 Å². The van der Waals surface area contributed by atoms with Gasteiger partial charge in [0, 0.05) is 12.8 Å². The van der Waals surface area contributed by atoms with Gasteiger partial charge in [0.15, 0.2) is 0 Å². The lowest BCUT2D eigenvalue weighted by molar-refractivity contribution is -0.146. The van der Waals surface area contributed by atoms with Crippen LogP contribution in [0.25, 0.3) is 0 Å². The topological polar surface area (TPSA) is 52.6 Å². The maximum absolute atomic E-state index is 11.7. The standard InChI is InChI=1S/C14H23FO4/c15-9-10-18-13(16)7-4-8-14(17)19-11-12-5-2-1-3-6-12/h12H,1-11H2. The zero-order valence-corrected chi connectivity index (χ0v) is 11.4. The van der Waals surface area contributed by atoms with E-state index in [0.29, 0.717) is 18.9 Å². The van der Waals surface area contributed by atoms with Crippen LogP contribution in [0.5, 0.6) is 0 Å². The van der Waals surface area contributed by atoms with Crippen LogP contribution in [0.15, 0.2) is 0 Å². The SMILES string of the molecule is O=C(CCCC(=O)OCC1CCCCC1)OCCF. The third kappa shape index (κ3) is 7.80. The number of hydrogen-bond acceptors (Lipinski definition) is 4. The number of rotatable bonds is 8. The fourth-order valence-corrected chi connectivity index (χ4v) is 2.24. The van der Waals surface area contributed by atoms with E-state index in [1.54, 1.807) is 0 Å². The minimum atomic E-state index is -0.671. The van der Waals surface area contributed by atoms with Gasteiger partial charge in [0.25, 0.3) is 0 Å². The van der Waals surface area contributed by atoms with Crippen molar-refractivity contribution in [2.75, 3.05) is 19.9 Å². The summed E-state index contributed by atoms with van der Waals surface area (Å²) in [5, 5.41) is 0. The molecule has 19 heavy (non-hydrogen) atoms. The van der Waals surface area contributed by atoms with Crippen molar-refractivity contribution in [3.63, 3.8) is 0 Å². The molecule has 0 bridgehead atoms. The van der Waals surface area contributed by atoms with Gasteiger partial charge in [0.1, 0.15) is 13.3 Å². The summed E-state index contributed by atoms with van der Waals surface area (Å²) in [6.07, 6.45) is 6.77. The maximum atomic E-state index is 11.7. The Bertz CT molecular complexity index is 275. The molecule has 0 saturated heterocycles. The van der Waals surface area contributed by atoms with Crippen molar-refractivity contribution in [1.82, 2.24) is 0 Å². The first kappa shape index (κ1) is 15.9. The Kier molecular flexibility index (Phi) is 8.18. The van der Waals surface area contributed by atoms with E-state index in [9.17, 15) is 14.0 Å². The first-order valence-electron chi connectivity index (χ1n) is 7.09. The summed E-state index contributed by atoms with van der Waals surface area (Å²) >= 11 is 0. The summed E-state index contributed by atoms with van der Waals surface area (Å²) in [6.45, 7) is -0.370. The Hall–Kier alpha value is -1.13. The van der Waals surface area contributed by atoms with Gasteiger partial charge < -0.3 is 9.47 Å². The number of carbonyl (C=O) groups excluding carboxylic acids is 2. The number of halogens is 1. The molecule has 0 unspecified atom stereocenters. The van der Waals surface area contributed by atoms with Crippen molar-refractivity contribution in [3.8, 4) is 0 Å². The lowest BCUT2D eigenvalue weighted by atomic mass is 9.90. The van der Waals surface area contributed by atoms with Crippen LogP contribution in [0.3, 0.4) is 0 Å². The van der Waals surface area contributed by atoms with Gasteiger partial charge >= 0.3 is 11.9 Å². The van der Waals surface area contributed by atoms with Crippen LogP contribution < -0.4 is 0 Å². The Morgan fingerprint density at radius 2 is 1.63 bits per heavy atom. The summed E-state index contributed by atoms with van der Waals surface area (Å²) in [7, 11) is 0. The Morgan fingerprint density at radius 3 is 2.26 bits per heavy atom. The molecule has 0 aromatic rings. The molecule has 0 N–H and O–H groups in total. The minimum absolute atomic E-state index is 0.137. The molecule has 110 valence electrons. The maximum Gasteiger partial charge on any atom is 0.305 e. The number of ether oxygens (including phenoxy) is 2. The number of alkyl halides is 1. The lowest BCUT2D eigenvalue weighted by Crippen LogP contribution is -2.17. The number of esters is 2. The zero-order chi connectivity index (χ0) is 13.9. The van der Waals surface area contributed by atoms with Crippen LogP contribution in [0, 0.1) is 5.92 Å². The van der Waals surface area contributed by atoms with Gasteiger partial charge in [-0.15, -0.1) is 0 Å². The predicted octanol–water partition coefficient (Wildman–Crippen LogP) is 2.79. The molecular weight excluding hydrogens is 251 g/mol. The third-order valence-corrected chi connectivity index (χ3v) is 3.31. The molecule has 0 spiro atoms. The van der Waals surface area contributed by atoms with Crippen molar-refractivity contribution in [3.05, 3.63) is 0 Å². The van der Waals surface area contributed by atoms with Crippen LogP contribution in [0.4, 0.5) is 4.39 Å². The van der Waals surface area contributed by atoms with E-state index < -0.39 is 12.6 Å². The van der Waals surface area contributed by atoms with Gasteiger partial charge in [-0.2, -0.15) is 0 Å². The molecule has 1 fully saturated rings. The molecule has 0 aromatic heterocycles. The van der Waals surface area contributed by atoms with E-state index in [0.717, 1.165) is 12.8 Å². The second-order valence-electron chi connectivity index (χ2n) is 4.95. The second-order valence-corrected chi connectivity index (χ2v) is 4.95. The van der Waals surface area contributed by atoms with E-state index in [4.69, 9.17) is 4.74 Å².